The van der Waals surface area contributed by atoms with Crippen LogP contribution in [-0.4, -0.2) is 40.7 Å². The lowest BCUT2D eigenvalue weighted by Crippen LogP contribution is -2.22. The maximum Gasteiger partial charge on any atom is 0.297 e. The monoisotopic (exact) mass is 445 g/mol. The number of ether oxygens (including phenoxy) is 1. The molecule has 0 spiro atoms. The zero-order chi connectivity index (χ0) is 22.4. The summed E-state index contributed by atoms with van der Waals surface area (Å²) < 4.78 is 73.0. The fourth-order valence-corrected chi connectivity index (χ4v) is 3.09. The Hall–Kier alpha value is -3.52. The van der Waals surface area contributed by atoms with Crippen molar-refractivity contribution in [1.82, 2.24) is 15.0 Å². The van der Waals surface area contributed by atoms with Gasteiger partial charge in [-0.25, -0.2) is 23.0 Å². The minimum atomic E-state index is -4.43. The van der Waals surface area contributed by atoms with Crippen molar-refractivity contribution in [3.05, 3.63) is 41.2 Å². The molecule has 1 aromatic heterocycles. The van der Waals surface area contributed by atoms with E-state index in [9.17, 15) is 31.8 Å². The lowest BCUT2D eigenvalue weighted by atomic mass is 10.1. The number of methoxy groups -OCH3 is 1. The van der Waals surface area contributed by atoms with Gasteiger partial charge >= 0.3 is 0 Å². The number of hydrogen-bond acceptors (Lipinski definition) is 7. The Morgan fingerprint density at radius 1 is 1.13 bits per heavy atom. The molecule has 0 radical (unpaired) electrons. The first-order valence-corrected chi connectivity index (χ1v) is 9.50. The number of nitrogens with zero attached hydrogens (tertiary/aromatic N) is 3. The number of aromatic hydroxyl groups is 2. The quantitative estimate of drug-likeness (QED) is 0.436. The molecule has 0 aliphatic heterocycles. The van der Waals surface area contributed by atoms with Gasteiger partial charge in [0.2, 0.25) is 0 Å². The van der Waals surface area contributed by atoms with Crippen molar-refractivity contribution in [2.24, 2.45) is 5.14 Å². The summed E-state index contributed by atoms with van der Waals surface area (Å²) in [7, 11) is -3.22. The Morgan fingerprint density at radius 2 is 1.80 bits per heavy atom. The molecule has 0 atom stereocenters. The van der Waals surface area contributed by atoms with Crippen LogP contribution >= 0.6 is 0 Å². The summed E-state index contributed by atoms with van der Waals surface area (Å²) in [6.07, 6.45) is 0. The van der Waals surface area contributed by atoms with Crippen molar-refractivity contribution >= 4 is 16.0 Å². The Kier molecular flexibility index (Phi) is 5.22. The van der Waals surface area contributed by atoms with Gasteiger partial charge < -0.3 is 14.9 Å². The first-order valence-electron chi connectivity index (χ1n) is 7.95. The number of phenolic OH excluding ortho intramolecular Hbond substituents is 2. The zero-order valence-corrected chi connectivity index (χ0v) is 16.1. The van der Waals surface area contributed by atoms with Crippen LogP contribution in [0.25, 0.3) is 16.9 Å². The molecule has 3 rings (SSSR count). The normalized spacial score (nSPS) is 11.5. The van der Waals surface area contributed by atoms with E-state index in [4.69, 9.17) is 9.88 Å². The van der Waals surface area contributed by atoms with Crippen LogP contribution in [0.1, 0.15) is 5.56 Å². The summed E-state index contributed by atoms with van der Waals surface area (Å²) in [5.41, 5.74) is -2.08. The van der Waals surface area contributed by atoms with E-state index in [2.05, 4.69) is 10.3 Å². The van der Waals surface area contributed by atoms with Gasteiger partial charge in [0.15, 0.2) is 29.0 Å². The van der Waals surface area contributed by atoms with E-state index >= 15 is 0 Å². The highest BCUT2D eigenvalue weighted by atomic mass is 32.2. The maximum atomic E-state index is 14.8. The molecule has 1 heterocycles. The number of nitrogens with one attached hydrogen (secondary N) is 1. The van der Waals surface area contributed by atoms with Gasteiger partial charge in [0.1, 0.15) is 22.9 Å². The average molecular weight is 445 g/mol. The standard InChI is InChI=1S/C16H14F3N5O5S/c1-6-13(18)7(3-8(17)14(6)19)15-16(22-30(20,27)28)21-23-24(15)9-4-12(29-2)11(26)5-10(9)25/h3-5,22,25-26H,1-2H3,(H2,20,27,28). The number of halogens is 3. The molecule has 0 saturated heterocycles. The summed E-state index contributed by atoms with van der Waals surface area (Å²) >= 11 is 0. The summed E-state index contributed by atoms with van der Waals surface area (Å²) in [5.74, 6) is -5.91. The molecular formula is C16H14F3N5O5S. The van der Waals surface area contributed by atoms with E-state index < -0.39 is 61.8 Å². The SMILES string of the molecule is COc1cc(-n2nnc(NS(N)(=O)=O)c2-c2cc(F)c(F)c(C)c2F)c(O)cc1O. The molecule has 14 heteroatoms. The van der Waals surface area contributed by atoms with Gasteiger partial charge in [-0.05, 0) is 13.0 Å². The molecule has 0 saturated carbocycles. The number of anilines is 1. The number of aromatic nitrogens is 3. The predicted molar refractivity (Wildman–Crippen MR) is 98.0 cm³/mol. The molecule has 0 unspecified atom stereocenters. The molecule has 0 bridgehead atoms. The highest BCUT2D eigenvalue weighted by molar-refractivity contribution is 7.90. The molecule has 0 aliphatic rings. The molecule has 30 heavy (non-hydrogen) atoms. The Morgan fingerprint density at radius 3 is 2.40 bits per heavy atom. The largest absolute Gasteiger partial charge is 0.506 e. The van der Waals surface area contributed by atoms with Crippen LogP contribution in [-0.2, 0) is 10.2 Å². The summed E-state index contributed by atoms with van der Waals surface area (Å²) in [4.78, 5) is 0. The van der Waals surface area contributed by atoms with E-state index in [0.717, 1.165) is 23.7 Å². The van der Waals surface area contributed by atoms with Gasteiger partial charge in [0.25, 0.3) is 10.2 Å². The van der Waals surface area contributed by atoms with Gasteiger partial charge in [0.05, 0.1) is 7.11 Å². The molecule has 5 N–H and O–H groups in total. The van der Waals surface area contributed by atoms with Gasteiger partial charge in [-0.3, -0.25) is 4.72 Å². The summed E-state index contributed by atoms with van der Waals surface area (Å²) in [5, 5.41) is 32.1. The molecular weight excluding hydrogens is 431 g/mol. The number of phenols is 2. The molecule has 0 amide bonds. The van der Waals surface area contributed by atoms with Gasteiger partial charge in [-0.1, -0.05) is 5.21 Å². The van der Waals surface area contributed by atoms with E-state index in [0.29, 0.717) is 6.07 Å². The van der Waals surface area contributed by atoms with Crippen LogP contribution in [0.15, 0.2) is 18.2 Å². The van der Waals surface area contributed by atoms with Gasteiger partial charge in [0, 0.05) is 23.3 Å². The first kappa shape index (κ1) is 21.2. The predicted octanol–water partition coefficient (Wildman–Crippen LogP) is 1.70. The molecule has 0 fully saturated rings. The second-order valence-electron chi connectivity index (χ2n) is 6.02. The van der Waals surface area contributed by atoms with Crippen molar-refractivity contribution in [1.29, 1.82) is 0 Å². The van der Waals surface area contributed by atoms with Crippen LogP contribution in [0.2, 0.25) is 0 Å². The Labute approximate surface area is 167 Å². The molecule has 0 aliphatic carbocycles. The number of hydrogen-bond donors (Lipinski definition) is 4. The first-order chi connectivity index (χ1) is 13.9. The number of benzene rings is 2. The fourth-order valence-electron chi connectivity index (χ4n) is 2.68. The second-order valence-corrected chi connectivity index (χ2v) is 7.31. The van der Waals surface area contributed by atoms with Crippen LogP contribution < -0.4 is 14.6 Å². The maximum absolute atomic E-state index is 14.8. The summed E-state index contributed by atoms with van der Waals surface area (Å²) in [6.45, 7) is 0.971. The van der Waals surface area contributed by atoms with Gasteiger partial charge in [-0.15, -0.1) is 5.10 Å². The zero-order valence-electron chi connectivity index (χ0n) is 15.3. The third-order valence-electron chi connectivity index (χ3n) is 4.04. The van der Waals surface area contributed by atoms with Crippen molar-refractivity contribution in [2.75, 3.05) is 11.8 Å². The third kappa shape index (κ3) is 3.69. The smallest absolute Gasteiger partial charge is 0.297 e. The van der Waals surface area contributed by atoms with Crippen molar-refractivity contribution < 1.29 is 36.5 Å². The lowest BCUT2D eigenvalue weighted by Gasteiger charge is -2.14. The highest BCUT2D eigenvalue weighted by Gasteiger charge is 2.27. The number of nitrogens with two attached hydrogens (primary N) is 1. The van der Waals surface area contributed by atoms with Crippen molar-refractivity contribution in [3.8, 4) is 34.2 Å². The van der Waals surface area contributed by atoms with E-state index in [1.807, 2.05) is 0 Å². The topological polar surface area (TPSA) is 153 Å². The molecule has 2 aromatic carbocycles. The third-order valence-corrected chi connectivity index (χ3v) is 4.52. The average Bonchev–Trinajstić information content (AvgIpc) is 3.04. The fraction of sp³-hybridized carbons (Fsp3) is 0.125. The summed E-state index contributed by atoms with van der Waals surface area (Å²) in [6, 6.07) is 2.42. The molecule has 3 aromatic rings. The van der Waals surface area contributed by atoms with Crippen LogP contribution in [0.4, 0.5) is 19.0 Å². The molecule has 160 valence electrons. The highest BCUT2D eigenvalue weighted by Crippen LogP contribution is 2.39. The van der Waals surface area contributed by atoms with E-state index in [1.54, 1.807) is 4.72 Å². The van der Waals surface area contributed by atoms with Crippen molar-refractivity contribution in [3.63, 3.8) is 0 Å². The van der Waals surface area contributed by atoms with Crippen molar-refractivity contribution in [2.45, 2.75) is 6.92 Å². The number of rotatable bonds is 5. The lowest BCUT2D eigenvalue weighted by molar-refractivity contribution is 0.369. The minimum Gasteiger partial charge on any atom is -0.506 e. The van der Waals surface area contributed by atoms with E-state index in [1.165, 1.54) is 7.11 Å². The Balaban J connectivity index is 2.39. The van der Waals surface area contributed by atoms with Gasteiger partial charge in [-0.2, -0.15) is 8.42 Å². The van der Waals surface area contributed by atoms with E-state index in [-0.39, 0.29) is 11.4 Å². The Bertz CT molecular complexity index is 1260. The van der Waals surface area contributed by atoms with Crippen LogP contribution in [0.3, 0.4) is 0 Å². The second kappa shape index (κ2) is 7.38. The van der Waals surface area contributed by atoms with Crippen LogP contribution in [0, 0.1) is 24.4 Å². The minimum absolute atomic E-state index is 0.132. The van der Waals surface area contributed by atoms with Crippen LogP contribution in [0.5, 0.6) is 17.2 Å². The molecule has 10 nitrogen and oxygen atoms in total.